The molecule has 25 heavy (non-hydrogen) atoms. The van der Waals surface area contributed by atoms with Crippen molar-refractivity contribution in [1.29, 1.82) is 0 Å². The van der Waals surface area contributed by atoms with Gasteiger partial charge in [0.25, 0.3) is 5.91 Å². The van der Waals surface area contributed by atoms with Gasteiger partial charge in [0.05, 0.1) is 6.54 Å². The van der Waals surface area contributed by atoms with E-state index in [1.807, 2.05) is 49.3 Å². The number of likely N-dealkylation sites (tertiary alicyclic amines) is 1. The Kier molecular flexibility index (Phi) is 5.19. The lowest BCUT2D eigenvalue weighted by molar-refractivity contribution is -0.139. The number of anilines is 1. The van der Waals surface area contributed by atoms with Crippen LogP contribution in [0, 0.1) is 0 Å². The summed E-state index contributed by atoms with van der Waals surface area (Å²) in [6.07, 6.45) is 1.23. The maximum absolute atomic E-state index is 12.5. The van der Waals surface area contributed by atoms with Crippen molar-refractivity contribution >= 4 is 11.7 Å². The molecular formula is C19H23N3O3. The molecule has 0 radical (unpaired) electrons. The van der Waals surface area contributed by atoms with E-state index in [4.69, 9.17) is 4.74 Å². The number of hydrogen-bond acceptors (Lipinski definition) is 5. The Labute approximate surface area is 147 Å². The zero-order valence-corrected chi connectivity index (χ0v) is 14.5. The first-order valence-electron chi connectivity index (χ1n) is 8.37. The van der Waals surface area contributed by atoms with Crippen LogP contribution >= 0.6 is 0 Å². The Balaban J connectivity index is 1.63. The summed E-state index contributed by atoms with van der Waals surface area (Å²) in [5, 5.41) is 10.3. The molecule has 1 N–H and O–H groups in total. The Morgan fingerprint density at radius 3 is 2.76 bits per heavy atom. The first-order chi connectivity index (χ1) is 12.1. The van der Waals surface area contributed by atoms with Gasteiger partial charge in [-0.3, -0.25) is 4.79 Å². The molecule has 1 fully saturated rings. The zero-order valence-electron chi connectivity index (χ0n) is 14.5. The van der Waals surface area contributed by atoms with Crippen molar-refractivity contribution in [3.63, 3.8) is 0 Å². The second-order valence-electron chi connectivity index (χ2n) is 6.35. The van der Waals surface area contributed by atoms with E-state index in [0.717, 1.165) is 12.2 Å². The molecule has 0 spiro atoms. The van der Waals surface area contributed by atoms with E-state index in [1.54, 1.807) is 23.2 Å². The van der Waals surface area contributed by atoms with Crippen LogP contribution in [-0.4, -0.2) is 54.2 Å². The van der Waals surface area contributed by atoms with Crippen LogP contribution < -0.4 is 9.64 Å². The van der Waals surface area contributed by atoms with Crippen LogP contribution in [-0.2, 0) is 4.79 Å². The molecular weight excluding hydrogens is 318 g/mol. The maximum Gasteiger partial charge on any atom is 0.256 e. The van der Waals surface area contributed by atoms with Gasteiger partial charge in [-0.05, 0) is 17.7 Å². The summed E-state index contributed by atoms with van der Waals surface area (Å²) in [4.78, 5) is 20.4. The van der Waals surface area contributed by atoms with Crippen LogP contribution in [0.1, 0.15) is 18.1 Å². The van der Waals surface area contributed by atoms with Crippen molar-refractivity contribution < 1.29 is 14.6 Å². The minimum absolute atomic E-state index is 0.102. The normalized spacial score (nSPS) is 18.0. The second kappa shape index (κ2) is 7.53. The molecule has 132 valence electrons. The Bertz CT molecular complexity index is 721. The number of hydrogen-bond donors (Lipinski definition) is 1. The molecule has 1 unspecified atom stereocenters. The lowest BCUT2D eigenvalue weighted by Gasteiger charge is -2.22. The number of aliphatic hydroxyl groups is 1. The van der Waals surface area contributed by atoms with Gasteiger partial charge in [-0.25, -0.2) is 4.98 Å². The summed E-state index contributed by atoms with van der Waals surface area (Å²) < 4.78 is 6.05. The highest BCUT2D eigenvalue weighted by Gasteiger charge is 2.32. The highest BCUT2D eigenvalue weighted by Crippen LogP contribution is 2.27. The summed E-state index contributed by atoms with van der Waals surface area (Å²) in [5.74, 6) is 1.18. The number of rotatable bonds is 5. The third-order valence-corrected chi connectivity index (χ3v) is 4.27. The minimum atomic E-state index is -1.13. The molecule has 0 bridgehead atoms. The first-order valence-corrected chi connectivity index (χ1v) is 8.37. The summed E-state index contributed by atoms with van der Waals surface area (Å²) in [6.45, 7) is 1.04. The zero-order chi connectivity index (χ0) is 17.8. The lowest BCUT2D eigenvalue weighted by atomic mass is 10.1. The third-order valence-electron chi connectivity index (χ3n) is 4.27. The fourth-order valence-electron chi connectivity index (χ4n) is 2.97. The standard InChI is InChI=1S/C19H23N3O3/c1-21(2)18-16(9-6-11-20-18)25-15-10-12-22(13-15)19(24)17(23)14-7-4-3-5-8-14/h3-9,11,15,17,23H,10,12-13H2,1-2H3/t15?,17-/m0/s1. The molecule has 1 aliphatic heterocycles. The van der Waals surface area contributed by atoms with Gasteiger partial charge in [0.1, 0.15) is 6.10 Å². The predicted molar refractivity (Wildman–Crippen MR) is 95.6 cm³/mol. The largest absolute Gasteiger partial charge is 0.485 e. The second-order valence-corrected chi connectivity index (χ2v) is 6.35. The topological polar surface area (TPSA) is 65.9 Å². The van der Waals surface area contributed by atoms with Crippen molar-refractivity contribution in [2.24, 2.45) is 0 Å². The van der Waals surface area contributed by atoms with Gasteiger partial charge in [0.2, 0.25) is 0 Å². The van der Waals surface area contributed by atoms with Crippen molar-refractivity contribution in [3.05, 3.63) is 54.2 Å². The molecule has 1 amide bonds. The quantitative estimate of drug-likeness (QED) is 0.899. The van der Waals surface area contributed by atoms with Crippen molar-refractivity contribution in [2.75, 3.05) is 32.1 Å². The molecule has 1 aromatic carbocycles. The molecule has 6 heteroatoms. The number of benzene rings is 1. The van der Waals surface area contributed by atoms with Gasteiger partial charge >= 0.3 is 0 Å². The van der Waals surface area contributed by atoms with Gasteiger partial charge < -0.3 is 19.6 Å². The SMILES string of the molecule is CN(C)c1ncccc1OC1CCN(C(=O)[C@@H](O)c2ccccc2)C1. The number of nitrogens with zero attached hydrogens (tertiary/aromatic N) is 3. The van der Waals surface area contributed by atoms with E-state index in [1.165, 1.54) is 0 Å². The van der Waals surface area contributed by atoms with Crippen LogP contribution in [0.5, 0.6) is 5.75 Å². The number of carbonyl (C=O) groups is 1. The van der Waals surface area contributed by atoms with E-state index < -0.39 is 6.10 Å². The predicted octanol–water partition coefficient (Wildman–Crippen LogP) is 1.86. The van der Waals surface area contributed by atoms with E-state index in [0.29, 0.717) is 24.4 Å². The van der Waals surface area contributed by atoms with E-state index in [9.17, 15) is 9.90 Å². The average molecular weight is 341 g/mol. The fraction of sp³-hybridized carbons (Fsp3) is 0.368. The average Bonchev–Trinajstić information content (AvgIpc) is 3.10. The Morgan fingerprint density at radius 1 is 1.28 bits per heavy atom. The molecule has 2 atom stereocenters. The number of aromatic nitrogens is 1. The number of carbonyl (C=O) groups excluding carboxylic acids is 1. The van der Waals surface area contributed by atoms with Crippen LogP contribution in [0.2, 0.25) is 0 Å². The van der Waals surface area contributed by atoms with Crippen LogP contribution in [0.25, 0.3) is 0 Å². The fourth-order valence-corrected chi connectivity index (χ4v) is 2.97. The summed E-state index contributed by atoms with van der Waals surface area (Å²) in [6, 6.07) is 12.7. The van der Waals surface area contributed by atoms with Crippen molar-refractivity contribution in [3.8, 4) is 5.75 Å². The molecule has 2 aromatic rings. The number of aliphatic hydroxyl groups excluding tert-OH is 1. The van der Waals surface area contributed by atoms with E-state index in [-0.39, 0.29) is 12.0 Å². The number of pyridine rings is 1. The molecule has 3 rings (SSSR count). The van der Waals surface area contributed by atoms with E-state index in [2.05, 4.69) is 4.98 Å². The number of ether oxygens (including phenoxy) is 1. The van der Waals surface area contributed by atoms with Gasteiger partial charge in [-0.2, -0.15) is 0 Å². The van der Waals surface area contributed by atoms with Crippen LogP contribution in [0.3, 0.4) is 0 Å². The lowest BCUT2D eigenvalue weighted by Crippen LogP contribution is -2.34. The molecule has 0 saturated carbocycles. The molecule has 1 aliphatic rings. The first kappa shape index (κ1) is 17.2. The summed E-state index contributed by atoms with van der Waals surface area (Å²) in [7, 11) is 3.83. The summed E-state index contributed by atoms with van der Waals surface area (Å²) >= 11 is 0. The Hall–Kier alpha value is -2.60. The minimum Gasteiger partial charge on any atom is -0.485 e. The maximum atomic E-state index is 12.5. The highest BCUT2D eigenvalue weighted by molar-refractivity contribution is 5.82. The Morgan fingerprint density at radius 2 is 2.04 bits per heavy atom. The third kappa shape index (κ3) is 3.91. The number of amides is 1. The van der Waals surface area contributed by atoms with Crippen molar-refractivity contribution in [1.82, 2.24) is 9.88 Å². The molecule has 2 heterocycles. The molecule has 1 saturated heterocycles. The van der Waals surface area contributed by atoms with Crippen LogP contribution in [0.4, 0.5) is 5.82 Å². The molecule has 6 nitrogen and oxygen atoms in total. The molecule has 0 aliphatic carbocycles. The smallest absolute Gasteiger partial charge is 0.256 e. The van der Waals surface area contributed by atoms with Gasteiger partial charge in [-0.15, -0.1) is 0 Å². The molecule has 1 aromatic heterocycles. The van der Waals surface area contributed by atoms with Gasteiger partial charge in [0.15, 0.2) is 17.7 Å². The van der Waals surface area contributed by atoms with Crippen LogP contribution in [0.15, 0.2) is 48.7 Å². The van der Waals surface area contributed by atoms with Gasteiger partial charge in [-0.1, -0.05) is 30.3 Å². The highest BCUT2D eigenvalue weighted by atomic mass is 16.5. The monoisotopic (exact) mass is 341 g/mol. The van der Waals surface area contributed by atoms with Crippen molar-refractivity contribution in [2.45, 2.75) is 18.6 Å². The van der Waals surface area contributed by atoms with Gasteiger partial charge in [0, 0.05) is 33.3 Å². The van der Waals surface area contributed by atoms with E-state index >= 15 is 0 Å². The summed E-state index contributed by atoms with van der Waals surface area (Å²) in [5.41, 5.74) is 0.610.